The van der Waals surface area contributed by atoms with Gasteiger partial charge in [-0.05, 0) is 12.1 Å². The minimum Gasteiger partial charge on any atom is -0.340 e. The van der Waals surface area contributed by atoms with E-state index in [0.717, 1.165) is 0 Å². The SMILES string of the molecule is O=C1NC(=O)[C@@H](CC(=O)N2CCN(S(=O)(=O)c3cccc(Cl)c3Cl)CC2)N1. The normalized spacial score (nSPS) is 21.1. The van der Waals surface area contributed by atoms with Gasteiger partial charge in [0.05, 0.1) is 16.5 Å². The quantitative estimate of drug-likeness (QED) is 0.666. The summed E-state index contributed by atoms with van der Waals surface area (Å²) in [5, 5.41) is 4.52. The highest BCUT2D eigenvalue weighted by Gasteiger charge is 2.35. The van der Waals surface area contributed by atoms with E-state index in [0.29, 0.717) is 0 Å². The van der Waals surface area contributed by atoms with Gasteiger partial charge in [-0.15, -0.1) is 0 Å². The average molecular weight is 435 g/mol. The maximum atomic E-state index is 12.8. The molecule has 2 saturated heterocycles. The number of hydrogen-bond acceptors (Lipinski definition) is 5. The molecule has 2 aliphatic rings. The summed E-state index contributed by atoms with van der Waals surface area (Å²) in [6.07, 6.45) is -0.176. The van der Waals surface area contributed by atoms with Crippen LogP contribution in [0.3, 0.4) is 0 Å². The number of imide groups is 1. The molecule has 1 aromatic carbocycles. The third-order valence-corrected chi connectivity index (χ3v) is 7.23. The molecule has 0 unspecified atom stereocenters. The molecule has 9 nitrogen and oxygen atoms in total. The lowest BCUT2D eigenvalue weighted by Crippen LogP contribution is -2.51. The number of nitrogens with zero attached hydrogens (tertiary/aromatic N) is 2. The molecule has 1 aromatic rings. The largest absolute Gasteiger partial charge is 0.340 e. The van der Waals surface area contributed by atoms with Gasteiger partial charge >= 0.3 is 6.03 Å². The Morgan fingerprint density at radius 1 is 1.15 bits per heavy atom. The second-order valence-electron chi connectivity index (χ2n) is 6.06. The predicted octanol–water partition coefficient (Wildman–Crippen LogP) is 0.424. The Balaban J connectivity index is 1.63. The lowest BCUT2D eigenvalue weighted by atomic mass is 10.2. The lowest BCUT2D eigenvalue weighted by Gasteiger charge is -2.34. The van der Waals surface area contributed by atoms with E-state index in [1.807, 2.05) is 0 Å². The van der Waals surface area contributed by atoms with E-state index < -0.39 is 28.0 Å². The molecule has 146 valence electrons. The number of nitrogens with one attached hydrogen (secondary N) is 2. The van der Waals surface area contributed by atoms with Gasteiger partial charge in [-0.2, -0.15) is 4.31 Å². The van der Waals surface area contributed by atoms with Crippen LogP contribution in [-0.2, 0) is 19.6 Å². The van der Waals surface area contributed by atoms with E-state index in [2.05, 4.69) is 10.6 Å². The zero-order chi connectivity index (χ0) is 19.8. The number of carbonyl (C=O) groups is 3. The van der Waals surface area contributed by atoms with Crippen molar-refractivity contribution in [2.24, 2.45) is 0 Å². The molecule has 0 radical (unpaired) electrons. The van der Waals surface area contributed by atoms with Crippen LogP contribution in [0.1, 0.15) is 6.42 Å². The molecule has 2 fully saturated rings. The highest BCUT2D eigenvalue weighted by atomic mass is 35.5. The average Bonchev–Trinajstić information content (AvgIpc) is 2.94. The molecule has 0 aliphatic carbocycles. The molecule has 12 heteroatoms. The van der Waals surface area contributed by atoms with Crippen LogP contribution < -0.4 is 10.6 Å². The third-order valence-electron chi connectivity index (χ3n) is 4.36. The maximum absolute atomic E-state index is 12.8. The fourth-order valence-corrected chi connectivity index (χ4v) is 5.06. The van der Waals surface area contributed by atoms with Gasteiger partial charge in [-0.1, -0.05) is 29.3 Å². The van der Waals surface area contributed by atoms with Crippen molar-refractivity contribution in [2.45, 2.75) is 17.4 Å². The summed E-state index contributed by atoms with van der Waals surface area (Å²) in [5.41, 5.74) is 0. The zero-order valence-electron chi connectivity index (χ0n) is 13.9. The van der Waals surface area contributed by atoms with Crippen LogP contribution in [0.25, 0.3) is 0 Å². The van der Waals surface area contributed by atoms with Crippen molar-refractivity contribution in [3.05, 3.63) is 28.2 Å². The van der Waals surface area contributed by atoms with Crippen LogP contribution in [0.15, 0.2) is 23.1 Å². The van der Waals surface area contributed by atoms with Crippen LogP contribution in [-0.4, -0.2) is 67.7 Å². The predicted molar refractivity (Wildman–Crippen MR) is 96.9 cm³/mol. The van der Waals surface area contributed by atoms with Crippen molar-refractivity contribution in [1.29, 1.82) is 0 Å². The minimum atomic E-state index is -3.84. The summed E-state index contributed by atoms with van der Waals surface area (Å²) < 4.78 is 26.8. The van der Waals surface area contributed by atoms with E-state index in [1.165, 1.54) is 27.4 Å². The van der Waals surface area contributed by atoms with Crippen LogP contribution >= 0.6 is 23.2 Å². The van der Waals surface area contributed by atoms with Crippen molar-refractivity contribution in [3.63, 3.8) is 0 Å². The van der Waals surface area contributed by atoms with Crippen molar-refractivity contribution in [2.75, 3.05) is 26.2 Å². The summed E-state index contributed by atoms with van der Waals surface area (Å²) in [4.78, 5) is 36.3. The van der Waals surface area contributed by atoms with Gasteiger partial charge in [0.1, 0.15) is 10.9 Å². The highest BCUT2D eigenvalue weighted by Crippen LogP contribution is 2.31. The molecule has 2 heterocycles. The first-order chi connectivity index (χ1) is 12.7. The Morgan fingerprint density at radius 3 is 2.41 bits per heavy atom. The summed E-state index contributed by atoms with van der Waals surface area (Å²) in [6, 6.07) is 2.84. The lowest BCUT2D eigenvalue weighted by molar-refractivity contribution is -0.134. The Bertz CT molecular complexity index is 899. The van der Waals surface area contributed by atoms with E-state index in [9.17, 15) is 22.8 Å². The Labute approximate surface area is 165 Å². The van der Waals surface area contributed by atoms with E-state index >= 15 is 0 Å². The summed E-state index contributed by atoms with van der Waals surface area (Å²) in [7, 11) is -3.84. The van der Waals surface area contributed by atoms with Gasteiger partial charge in [0.2, 0.25) is 15.9 Å². The van der Waals surface area contributed by atoms with Gasteiger partial charge in [-0.25, -0.2) is 13.2 Å². The maximum Gasteiger partial charge on any atom is 0.322 e. The van der Waals surface area contributed by atoms with Crippen molar-refractivity contribution in [1.82, 2.24) is 19.8 Å². The fraction of sp³-hybridized carbons (Fsp3) is 0.400. The topological polar surface area (TPSA) is 116 Å². The standard InChI is InChI=1S/C15H16Cl2N4O5S/c16-9-2-1-3-11(13(9)17)27(25,26)21-6-4-20(5-7-21)12(22)8-10-14(23)19-15(24)18-10/h1-3,10H,4-8H2,(H2,18,19,23,24)/t10-/m1/s1. The second-order valence-corrected chi connectivity index (χ2v) is 8.75. The Kier molecular flexibility index (Phi) is 5.61. The monoisotopic (exact) mass is 434 g/mol. The minimum absolute atomic E-state index is 0.0411. The Hall–Kier alpha value is -1.88. The molecule has 2 aliphatic heterocycles. The number of sulfonamides is 1. The van der Waals surface area contributed by atoms with Crippen LogP contribution in [0.2, 0.25) is 10.0 Å². The number of halogens is 2. The number of piperazine rings is 1. The van der Waals surface area contributed by atoms with Crippen LogP contribution in [0, 0.1) is 0 Å². The van der Waals surface area contributed by atoms with E-state index in [1.54, 1.807) is 0 Å². The number of urea groups is 1. The summed E-state index contributed by atoms with van der Waals surface area (Å²) in [5.74, 6) is -0.889. The Morgan fingerprint density at radius 2 is 1.81 bits per heavy atom. The first-order valence-electron chi connectivity index (χ1n) is 8.03. The second kappa shape index (κ2) is 7.63. The first-order valence-corrected chi connectivity index (χ1v) is 10.2. The molecule has 0 aromatic heterocycles. The zero-order valence-corrected chi connectivity index (χ0v) is 16.3. The van der Waals surface area contributed by atoms with Crippen molar-refractivity contribution >= 4 is 51.1 Å². The fourth-order valence-electron chi connectivity index (χ4n) is 2.91. The van der Waals surface area contributed by atoms with Gasteiger partial charge in [0, 0.05) is 26.2 Å². The summed E-state index contributed by atoms with van der Waals surface area (Å²) in [6.45, 7) is 0.497. The van der Waals surface area contributed by atoms with Gasteiger partial charge < -0.3 is 10.2 Å². The van der Waals surface area contributed by atoms with E-state index in [4.69, 9.17) is 23.2 Å². The molecule has 0 bridgehead atoms. The molecule has 3 rings (SSSR count). The molecule has 27 heavy (non-hydrogen) atoms. The number of hydrogen-bond donors (Lipinski definition) is 2. The van der Waals surface area contributed by atoms with Crippen LogP contribution in [0.4, 0.5) is 4.79 Å². The molecular formula is C15H16Cl2N4O5S. The smallest absolute Gasteiger partial charge is 0.322 e. The van der Waals surface area contributed by atoms with Crippen molar-refractivity contribution < 1.29 is 22.8 Å². The number of rotatable bonds is 4. The first kappa shape index (κ1) is 19.9. The molecule has 2 N–H and O–H groups in total. The number of benzene rings is 1. The van der Waals surface area contributed by atoms with Gasteiger partial charge in [-0.3, -0.25) is 14.9 Å². The van der Waals surface area contributed by atoms with Crippen molar-refractivity contribution in [3.8, 4) is 0 Å². The molecular weight excluding hydrogens is 419 g/mol. The van der Waals surface area contributed by atoms with Crippen LogP contribution in [0.5, 0.6) is 0 Å². The summed E-state index contributed by atoms with van der Waals surface area (Å²) >= 11 is 11.9. The third kappa shape index (κ3) is 4.03. The highest BCUT2D eigenvalue weighted by molar-refractivity contribution is 7.89. The number of carbonyl (C=O) groups excluding carboxylic acids is 3. The van der Waals surface area contributed by atoms with E-state index in [-0.39, 0.29) is 53.4 Å². The molecule has 0 saturated carbocycles. The molecule has 4 amide bonds. The number of amides is 4. The molecule has 0 spiro atoms. The van der Waals surface area contributed by atoms with Gasteiger partial charge in [0.15, 0.2) is 0 Å². The molecule has 1 atom stereocenters. The van der Waals surface area contributed by atoms with Gasteiger partial charge in [0.25, 0.3) is 5.91 Å².